The number of hydrogen-bond donors (Lipinski definition) is 0. The lowest BCUT2D eigenvalue weighted by molar-refractivity contribution is 0.191. The highest BCUT2D eigenvalue weighted by Gasteiger charge is 2.14. The number of benzene rings is 1. The van der Waals surface area contributed by atoms with Crippen LogP contribution in [0.1, 0.15) is 17.0 Å². The zero-order valence-electron chi connectivity index (χ0n) is 7.73. The summed E-state index contributed by atoms with van der Waals surface area (Å²) >= 11 is 0. The fraction of sp³-hybridized carbons (Fsp3) is 0.250. The van der Waals surface area contributed by atoms with E-state index in [-0.39, 0.29) is 0 Å². The second-order valence-corrected chi connectivity index (χ2v) is 3.24. The summed E-state index contributed by atoms with van der Waals surface area (Å²) in [5.41, 5.74) is 2.68. The molecule has 1 heteroatoms. The SMILES string of the molecule is COCC1C=C[CH]c2ccccc21. The summed E-state index contributed by atoms with van der Waals surface area (Å²) in [4.78, 5) is 0. The molecule has 1 aliphatic carbocycles. The quantitative estimate of drug-likeness (QED) is 0.667. The van der Waals surface area contributed by atoms with Crippen LogP contribution in [0.25, 0.3) is 0 Å². The van der Waals surface area contributed by atoms with Gasteiger partial charge in [0.15, 0.2) is 0 Å². The van der Waals surface area contributed by atoms with Gasteiger partial charge in [0.2, 0.25) is 0 Å². The fourth-order valence-electron chi connectivity index (χ4n) is 1.72. The molecule has 0 spiro atoms. The Morgan fingerprint density at radius 2 is 2.15 bits per heavy atom. The number of allylic oxidation sites excluding steroid dienone is 1. The first-order valence-corrected chi connectivity index (χ1v) is 4.51. The highest BCUT2D eigenvalue weighted by molar-refractivity contribution is 5.44. The topological polar surface area (TPSA) is 9.23 Å². The molecule has 1 unspecified atom stereocenters. The molecule has 1 aliphatic rings. The van der Waals surface area contributed by atoms with E-state index >= 15 is 0 Å². The summed E-state index contributed by atoms with van der Waals surface area (Å²) in [6, 6.07) is 8.45. The van der Waals surface area contributed by atoms with Crippen LogP contribution in [0.5, 0.6) is 0 Å². The minimum absolute atomic E-state index is 0.422. The first kappa shape index (κ1) is 8.52. The molecule has 0 saturated heterocycles. The highest BCUT2D eigenvalue weighted by Crippen LogP contribution is 2.27. The molecule has 0 aliphatic heterocycles. The second kappa shape index (κ2) is 3.75. The second-order valence-electron chi connectivity index (χ2n) is 3.24. The van der Waals surface area contributed by atoms with Gasteiger partial charge in [-0.05, 0) is 11.1 Å². The van der Waals surface area contributed by atoms with Gasteiger partial charge in [0, 0.05) is 19.4 Å². The summed E-state index contributed by atoms with van der Waals surface area (Å²) in [5, 5.41) is 0. The highest BCUT2D eigenvalue weighted by atomic mass is 16.5. The van der Waals surface area contributed by atoms with Crippen LogP contribution >= 0.6 is 0 Å². The third-order valence-corrected chi connectivity index (χ3v) is 2.36. The van der Waals surface area contributed by atoms with Gasteiger partial charge in [0.05, 0.1) is 6.61 Å². The molecule has 2 rings (SSSR count). The lowest BCUT2D eigenvalue weighted by Gasteiger charge is -2.19. The molecule has 1 aromatic rings. The van der Waals surface area contributed by atoms with Crippen molar-refractivity contribution in [3.8, 4) is 0 Å². The Morgan fingerprint density at radius 3 is 3.00 bits per heavy atom. The molecule has 0 bridgehead atoms. The largest absolute Gasteiger partial charge is 0.384 e. The molecule has 67 valence electrons. The first-order chi connectivity index (χ1) is 6.42. The Balaban J connectivity index is 2.31. The normalized spacial score (nSPS) is 19.9. The van der Waals surface area contributed by atoms with Gasteiger partial charge in [-0.15, -0.1) is 0 Å². The van der Waals surface area contributed by atoms with E-state index < -0.39 is 0 Å². The van der Waals surface area contributed by atoms with E-state index in [1.807, 2.05) is 0 Å². The van der Waals surface area contributed by atoms with E-state index in [1.165, 1.54) is 11.1 Å². The smallest absolute Gasteiger partial charge is 0.0565 e. The number of methoxy groups -OCH3 is 1. The number of ether oxygens (including phenoxy) is 1. The average molecular weight is 173 g/mol. The van der Waals surface area contributed by atoms with Gasteiger partial charge in [-0.2, -0.15) is 0 Å². The summed E-state index contributed by atoms with van der Waals surface area (Å²) < 4.78 is 5.17. The maximum absolute atomic E-state index is 5.17. The molecule has 1 nitrogen and oxygen atoms in total. The predicted octanol–water partition coefficient (Wildman–Crippen LogP) is 2.54. The van der Waals surface area contributed by atoms with Crippen molar-refractivity contribution in [1.29, 1.82) is 0 Å². The van der Waals surface area contributed by atoms with E-state index in [0.717, 1.165) is 6.61 Å². The maximum atomic E-state index is 5.17. The molecule has 0 fully saturated rings. The molecule has 0 heterocycles. The summed E-state index contributed by atoms with van der Waals surface area (Å²) in [6.45, 7) is 0.765. The Labute approximate surface area is 79.0 Å². The molecule has 0 aromatic heterocycles. The zero-order chi connectivity index (χ0) is 9.10. The predicted molar refractivity (Wildman–Crippen MR) is 53.6 cm³/mol. The van der Waals surface area contributed by atoms with Crippen LogP contribution in [0.3, 0.4) is 0 Å². The van der Waals surface area contributed by atoms with Crippen molar-refractivity contribution in [2.75, 3.05) is 13.7 Å². The average Bonchev–Trinajstić information content (AvgIpc) is 2.19. The molecular weight excluding hydrogens is 160 g/mol. The van der Waals surface area contributed by atoms with Gasteiger partial charge in [0.1, 0.15) is 0 Å². The van der Waals surface area contributed by atoms with Gasteiger partial charge in [-0.25, -0.2) is 0 Å². The van der Waals surface area contributed by atoms with Crippen molar-refractivity contribution in [1.82, 2.24) is 0 Å². The van der Waals surface area contributed by atoms with Gasteiger partial charge in [-0.1, -0.05) is 36.4 Å². The Morgan fingerprint density at radius 1 is 1.31 bits per heavy atom. The fourth-order valence-corrected chi connectivity index (χ4v) is 1.72. The Kier molecular flexibility index (Phi) is 2.46. The van der Waals surface area contributed by atoms with Crippen molar-refractivity contribution < 1.29 is 4.74 Å². The minimum Gasteiger partial charge on any atom is -0.384 e. The Bertz CT molecular complexity index is 315. The van der Waals surface area contributed by atoms with Crippen LogP contribution in [0.4, 0.5) is 0 Å². The number of rotatable bonds is 2. The van der Waals surface area contributed by atoms with Crippen molar-refractivity contribution in [2.45, 2.75) is 5.92 Å². The van der Waals surface area contributed by atoms with E-state index in [0.29, 0.717) is 5.92 Å². The lowest BCUT2D eigenvalue weighted by atomic mass is 9.88. The molecule has 0 saturated carbocycles. The summed E-state index contributed by atoms with van der Waals surface area (Å²) in [6.07, 6.45) is 6.43. The first-order valence-electron chi connectivity index (χ1n) is 4.51. The molecule has 0 N–H and O–H groups in total. The number of hydrogen-bond acceptors (Lipinski definition) is 1. The van der Waals surface area contributed by atoms with Crippen LogP contribution in [-0.4, -0.2) is 13.7 Å². The van der Waals surface area contributed by atoms with Crippen LogP contribution in [0.2, 0.25) is 0 Å². The van der Waals surface area contributed by atoms with Crippen LogP contribution in [0.15, 0.2) is 36.4 Å². The molecule has 1 radical (unpaired) electrons. The van der Waals surface area contributed by atoms with Gasteiger partial charge in [0.25, 0.3) is 0 Å². The van der Waals surface area contributed by atoms with Gasteiger partial charge >= 0.3 is 0 Å². The van der Waals surface area contributed by atoms with Crippen LogP contribution < -0.4 is 0 Å². The van der Waals surface area contributed by atoms with Crippen molar-refractivity contribution in [3.63, 3.8) is 0 Å². The van der Waals surface area contributed by atoms with Crippen LogP contribution in [-0.2, 0) is 4.74 Å². The lowest BCUT2D eigenvalue weighted by Crippen LogP contribution is -2.08. The zero-order valence-corrected chi connectivity index (χ0v) is 7.73. The monoisotopic (exact) mass is 173 g/mol. The summed E-state index contributed by atoms with van der Waals surface area (Å²) in [5.74, 6) is 0.422. The molecule has 0 amide bonds. The minimum atomic E-state index is 0.422. The van der Waals surface area contributed by atoms with Crippen molar-refractivity contribution >= 4 is 0 Å². The van der Waals surface area contributed by atoms with E-state index in [1.54, 1.807) is 7.11 Å². The van der Waals surface area contributed by atoms with E-state index in [9.17, 15) is 0 Å². The molecule has 13 heavy (non-hydrogen) atoms. The Hall–Kier alpha value is -1.08. The molecular formula is C12H13O. The standard InChI is InChI=1S/C12H13O/c1-13-9-11-7-4-6-10-5-2-3-8-12(10)11/h2-8,11H,9H2,1H3. The summed E-state index contributed by atoms with van der Waals surface area (Å²) in [7, 11) is 1.74. The third-order valence-electron chi connectivity index (χ3n) is 2.36. The third kappa shape index (κ3) is 1.65. The van der Waals surface area contributed by atoms with Gasteiger partial charge < -0.3 is 4.74 Å². The molecule has 1 atom stereocenters. The maximum Gasteiger partial charge on any atom is 0.0565 e. The van der Waals surface area contributed by atoms with Gasteiger partial charge in [-0.3, -0.25) is 0 Å². The van der Waals surface area contributed by atoms with Crippen LogP contribution in [0, 0.1) is 6.42 Å². The molecule has 1 aromatic carbocycles. The number of fused-ring (bicyclic) bond motifs is 1. The van der Waals surface area contributed by atoms with E-state index in [4.69, 9.17) is 4.74 Å². The van der Waals surface area contributed by atoms with Crippen molar-refractivity contribution in [2.24, 2.45) is 0 Å². The van der Waals surface area contributed by atoms with E-state index in [2.05, 4.69) is 42.8 Å². The van der Waals surface area contributed by atoms with Crippen molar-refractivity contribution in [3.05, 3.63) is 54.0 Å².